The van der Waals surface area contributed by atoms with Gasteiger partial charge in [-0.3, -0.25) is 5.10 Å². The van der Waals surface area contributed by atoms with Crippen LogP contribution in [-0.4, -0.2) is 52.0 Å². The molecular formula is C19H23N3O6S. The molecule has 1 aromatic heterocycles. The molecule has 10 heteroatoms. The first-order valence-electron chi connectivity index (χ1n) is 9.06. The molecule has 1 aromatic carbocycles. The maximum Gasteiger partial charge on any atom is 0.344 e. The minimum atomic E-state index is -1.10. The second kappa shape index (κ2) is 11.1. The fourth-order valence-corrected chi connectivity index (χ4v) is 2.93. The SMILES string of the molecule is CCOC(=O)COc1ccc(/C=C(\Sc2n[nH]c(CC)n2)C(=O)O)cc1OCC. The lowest BCUT2D eigenvalue weighted by Gasteiger charge is -2.12. The first kappa shape index (κ1) is 22.3. The number of hydrogen-bond donors (Lipinski definition) is 2. The summed E-state index contributed by atoms with van der Waals surface area (Å²) < 4.78 is 15.9. The lowest BCUT2D eigenvalue weighted by molar-refractivity contribution is -0.145. The summed E-state index contributed by atoms with van der Waals surface area (Å²) in [6.07, 6.45) is 2.16. The Morgan fingerprint density at radius 2 is 1.97 bits per heavy atom. The maximum absolute atomic E-state index is 11.6. The van der Waals surface area contributed by atoms with Gasteiger partial charge in [0.15, 0.2) is 18.1 Å². The largest absolute Gasteiger partial charge is 0.490 e. The second-order valence-electron chi connectivity index (χ2n) is 5.57. The predicted octanol–water partition coefficient (Wildman–Crippen LogP) is 2.93. The molecular weight excluding hydrogens is 398 g/mol. The highest BCUT2D eigenvalue weighted by atomic mass is 32.2. The number of carboxylic acids is 1. The van der Waals surface area contributed by atoms with Gasteiger partial charge in [0.1, 0.15) is 10.7 Å². The molecule has 0 amide bonds. The maximum atomic E-state index is 11.6. The molecule has 2 N–H and O–H groups in total. The number of aromatic nitrogens is 3. The molecule has 0 fully saturated rings. The molecule has 0 saturated heterocycles. The molecule has 2 aromatic rings. The van der Waals surface area contributed by atoms with E-state index < -0.39 is 11.9 Å². The lowest BCUT2D eigenvalue weighted by Crippen LogP contribution is -2.15. The van der Waals surface area contributed by atoms with E-state index in [-0.39, 0.29) is 18.1 Å². The van der Waals surface area contributed by atoms with Gasteiger partial charge in [-0.25, -0.2) is 14.6 Å². The summed E-state index contributed by atoms with van der Waals surface area (Å²) in [6, 6.07) is 4.92. The molecule has 2 rings (SSSR count). The van der Waals surface area contributed by atoms with Gasteiger partial charge >= 0.3 is 11.9 Å². The second-order valence-corrected chi connectivity index (χ2v) is 6.58. The molecule has 0 unspecified atom stereocenters. The zero-order chi connectivity index (χ0) is 21.2. The van der Waals surface area contributed by atoms with Gasteiger partial charge in [-0.1, -0.05) is 13.0 Å². The topological polar surface area (TPSA) is 124 Å². The Bertz CT molecular complexity index is 881. The molecule has 0 spiro atoms. The van der Waals surface area contributed by atoms with Crippen molar-refractivity contribution in [2.75, 3.05) is 19.8 Å². The Morgan fingerprint density at radius 1 is 1.17 bits per heavy atom. The van der Waals surface area contributed by atoms with Crippen molar-refractivity contribution in [1.82, 2.24) is 15.2 Å². The number of carbonyl (C=O) groups excluding carboxylic acids is 1. The minimum absolute atomic E-state index is 0.0503. The average Bonchev–Trinajstić information content (AvgIpc) is 3.15. The number of ether oxygens (including phenoxy) is 3. The highest BCUT2D eigenvalue weighted by molar-refractivity contribution is 8.04. The fraction of sp³-hybridized carbons (Fsp3) is 0.368. The zero-order valence-electron chi connectivity index (χ0n) is 16.4. The summed E-state index contributed by atoms with van der Waals surface area (Å²) in [6.45, 7) is 5.84. The first-order chi connectivity index (χ1) is 14.0. The Kier molecular flexibility index (Phi) is 8.53. The van der Waals surface area contributed by atoms with Crippen molar-refractivity contribution < 1.29 is 28.9 Å². The van der Waals surface area contributed by atoms with E-state index in [0.29, 0.717) is 41.1 Å². The first-order valence-corrected chi connectivity index (χ1v) is 9.87. The van der Waals surface area contributed by atoms with Crippen LogP contribution in [0.2, 0.25) is 0 Å². The van der Waals surface area contributed by atoms with Crippen LogP contribution >= 0.6 is 11.8 Å². The van der Waals surface area contributed by atoms with Gasteiger partial charge in [0, 0.05) is 6.42 Å². The summed E-state index contributed by atoms with van der Waals surface area (Å²) in [5, 5.41) is 16.6. The number of H-pyrrole nitrogens is 1. The van der Waals surface area contributed by atoms with E-state index in [4.69, 9.17) is 14.2 Å². The zero-order valence-corrected chi connectivity index (χ0v) is 17.2. The fourth-order valence-electron chi connectivity index (χ4n) is 2.21. The average molecular weight is 421 g/mol. The van der Waals surface area contributed by atoms with Crippen LogP contribution in [0.25, 0.3) is 6.08 Å². The van der Waals surface area contributed by atoms with Crippen molar-refractivity contribution >= 4 is 29.8 Å². The molecule has 0 saturated carbocycles. The van der Waals surface area contributed by atoms with Crippen molar-refractivity contribution in [2.24, 2.45) is 0 Å². The molecule has 0 bridgehead atoms. The predicted molar refractivity (Wildman–Crippen MR) is 107 cm³/mol. The van der Waals surface area contributed by atoms with Crippen LogP contribution in [0.1, 0.15) is 32.2 Å². The summed E-state index contributed by atoms with van der Waals surface area (Å²) >= 11 is 0.946. The smallest absolute Gasteiger partial charge is 0.344 e. The highest BCUT2D eigenvalue weighted by Crippen LogP contribution is 2.31. The summed E-state index contributed by atoms with van der Waals surface area (Å²) in [4.78, 5) is 27.4. The number of aromatic amines is 1. The van der Waals surface area contributed by atoms with Gasteiger partial charge in [0.25, 0.3) is 0 Å². The number of carboxylic acid groups (broad SMARTS) is 1. The quantitative estimate of drug-likeness (QED) is 0.320. The van der Waals surface area contributed by atoms with Crippen molar-refractivity contribution in [3.05, 3.63) is 34.5 Å². The van der Waals surface area contributed by atoms with Crippen molar-refractivity contribution in [1.29, 1.82) is 0 Å². The summed E-state index contributed by atoms with van der Waals surface area (Å²) in [7, 11) is 0. The molecule has 0 aliphatic carbocycles. The molecule has 1 heterocycles. The number of thioether (sulfide) groups is 1. The van der Waals surface area contributed by atoms with Crippen LogP contribution < -0.4 is 9.47 Å². The van der Waals surface area contributed by atoms with Gasteiger partial charge in [-0.05, 0) is 49.4 Å². The summed E-state index contributed by atoms with van der Waals surface area (Å²) in [5.74, 6) is -0.145. The number of nitrogens with zero attached hydrogens (tertiary/aromatic N) is 2. The molecule has 156 valence electrons. The van der Waals surface area contributed by atoms with E-state index in [9.17, 15) is 14.7 Å². The van der Waals surface area contributed by atoms with E-state index in [2.05, 4.69) is 15.2 Å². The number of nitrogens with one attached hydrogen (secondary N) is 1. The third-order valence-electron chi connectivity index (χ3n) is 3.47. The standard InChI is InChI=1S/C19H23N3O6S/c1-4-16-20-19(22-21-16)29-15(18(24)25)10-12-7-8-13(14(9-12)26-5-2)28-11-17(23)27-6-3/h7-10H,4-6,11H2,1-3H3,(H,24,25)(H,20,21,22)/b15-10-. The van der Waals surface area contributed by atoms with Gasteiger partial charge in [-0.2, -0.15) is 0 Å². The molecule has 0 aliphatic heterocycles. The minimum Gasteiger partial charge on any atom is -0.490 e. The van der Waals surface area contributed by atoms with Crippen LogP contribution in [0.5, 0.6) is 11.5 Å². The molecule has 0 aliphatic rings. The molecule has 9 nitrogen and oxygen atoms in total. The van der Waals surface area contributed by atoms with Crippen LogP contribution in [-0.2, 0) is 20.7 Å². The number of rotatable bonds is 11. The Morgan fingerprint density at radius 3 is 2.59 bits per heavy atom. The summed E-state index contributed by atoms with van der Waals surface area (Å²) in [5.41, 5.74) is 0.591. The Balaban J connectivity index is 2.22. The number of aryl methyl sites for hydroxylation is 1. The number of benzene rings is 1. The van der Waals surface area contributed by atoms with Crippen molar-refractivity contribution in [3.63, 3.8) is 0 Å². The van der Waals surface area contributed by atoms with Gasteiger partial charge < -0.3 is 19.3 Å². The molecule has 29 heavy (non-hydrogen) atoms. The third kappa shape index (κ3) is 6.83. The van der Waals surface area contributed by atoms with E-state index in [1.165, 1.54) is 6.08 Å². The number of carbonyl (C=O) groups is 2. The number of esters is 1. The van der Waals surface area contributed by atoms with Gasteiger partial charge in [0.2, 0.25) is 5.16 Å². The van der Waals surface area contributed by atoms with E-state index in [1.54, 1.807) is 25.1 Å². The van der Waals surface area contributed by atoms with Crippen LogP contribution in [0.3, 0.4) is 0 Å². The van der Waals surface area contributed by atoms with Crippen LogP contribution in [0.15, 0.2) is 28.3 Å². The Labute approximate surface area is 172 Å². The van der Waals surface area contributed by atoms with E-state index >= 15 is 0 Å². The Hall–Kier alpha value is -3.01. The lowest BCUT2D eigenvalue weighted by atomic mass is 10.2. The van der Waals surface area contributed by atoms with Crippen LogP contribution in [0, 0.1) is 0 Å². The molecule has 0 atom stereocenters. The molecule has 0 radical (unpaired) electrons. The highest BCUT2D eigenvalue weighted by Gasteiger charge is 2.15. The van der Waals surface area contributed by atoms with Crippen LogP contribution in [0.4, 0.5) is 0 Å². The number of hydrogen-bond acceptors (Lipinski definition) is 8. The van der Waals surface area contributed by atoms with Gasteiger partial charge in [0.05, 0.1) is 13.2 Å². The van der Waals surface area contributed by atoms with Crippen molar-refractivity contribution in [2.45, 2.75) is 32.3 Å². The number of aliphatic carboxylic acids is 1. The monoisotopic (exact) mass is 421 g/mol. The van der Waals surface area contributed by atoms with Gasteiger partial charge in [-0.15, -0.1) is 5.10 Å². The normalized spacial score (nSPS) is 11.2. The third-order valence-corrected chi connectivity index (χ3v) is 4.35. The van der Waals surface area contributed by atoms with Crippen molar-refractivity contribution in [3.8, 4) is 11.5 Å². The van der Waals surface area contributed by atoms with E-state index in [1.807, 2.05) is 13.8 Å². The van der Waals surface area contributed by atoms with E-state index in [0.717, 1.165) is 11.8 Å².